The molecule has 0 heterocycles. The summed E-state index contributed by atoms with van der Waals surface area (Å²) >= 11 is 3.35. The summed E-state index contributed by atoms with van der Waals surface area (Å²) < 4.78 is 0. The van der Waals surface area contributed by atoms with Crippen LogP contribution in [-0.4, -0.2) is 17.0 Å². The Kier molecular flexibility index (Phi) is 1.70. The normalized spacial score (nSPS) is 38.6. The summed E-state index contributed by atoms with van der Waals surface area (Å²) in [7, 11) is 0. The molecule has 0 spiro atoms. The van der Waals surface area contributed by atoms with Crippen LogP contribution >= 0.6 is 15.9 Å². The van der Waals surface area contributed by atoms with E-state index in [9.17, 15) is 0 Å². The summed E-state index contributed by atoms with van der Waals surface area (Å²) in [4.78, 5) is 0. The third-order valence-electron chi connectivity index (χ3n) is 1.50. The van der Waals surface area contributed by atoms with E-state index in [1.165, 1.54) is 6.42 Å². The summed E-state index contributed by atoms with van der Waals surface area (Å²) in [5.41, 5.74) is 0. The molecule has 42 valence electrons. The monoisotopic (exact) mass is 164 g/mol. The Morgan fingerprint density at radius 3 is 2.43 bits per heavy atom. The van der Waals surface area contributed by atoms with E-state index in [0.717, 1.165) is 11.2 Å². The van der Waals surface area contributed by atoms with Crippen LogP contribution < -0.4 is 0 Å². The quantitative estimate of drug-likeness (QED) is 0.605. The van der Waals surface area contributed by atoms with Crippen molar-refractivity contribution < 1.29 is 5.11 Å². The summed E-state index contributed by atoms with van der Waals surface area (Å²) in [5, 5.41) is 9.55. The molecule has 1 N–H and O–H groups in total. The topological polar surface area (TPSA) is 20.2 Å². The molecule has 0 aliphatic heterocycles. The Hall–Kier alpha value is 0.440. The molecule has 0 saturated heterocycles. The largest absolute Gasteiger partial charge is 0.396 e. The molecule has 0 aromatic rings. The van der Waals surface area contributed by atoms with Gasteiger partial charge in [0.1, 0.15) is 0 Å². The number of aliphatic hydroxyl groups excluding tert-OH is 1. The second-order valence-electron chi connectivity index (χ2n) is 2.09. The van der Waals surface area contributed by atoms with Gasteiger partial charge in [0, 0.05) is 11.9 Å². The lowest BCUT2D eigenvalue weighted by Gasteiger charge is -1.84. The highest BCUT2D eigenvalue weighted by Gasteiger charge is 2.34. The van der Waals surface area contributed by atoms with Gasteiger partial charge in [0.25, 0.3) is 0 Å². The van der Waals surface area contributed by atoms with Crippen molar-refractivity contribution in [2.24, 2.45) is 11.8 Å². The number of halogens is 1. The van der Waals surface area contributed by atoms with Crippen LogP contribution in [0, 0.1) is 11.8 Å². The average molecular weight is 165 g/mol. The zero-order valence-electron chi connectivity index (χ0n) is 4.10. The van der Waals surface area contributed by atoms with Gasteiger partial charge in [-0.1, -0.05) is 15.9 Å². The van der Waals surface area contributed by atoms with Gasteiger partial charge in [-0.3, -0.25) is 0 Å². The third-order valence-corrected chi connectivity index (χ3v) is 2.33. The van der Waals surface area contributed by atoms with E-state index in [2.05, 4.69) is 15.9 Å². The van der Waals surface area contributed by atoms with E-state index >= 15 is 0 Å². The fourth-order valence-electron chi connectivity index (χ4n) is 0.723. The van der Waals surface area contributed by atoms with Crippen LogP contribution in [-0.2, 0) is 0 Å². The Labute approximate surface area is 51.9 Å². The van der Waals surface area contributed by atoms with Crippen molar-refractivity contribution in [1.29, 1.82) is 0 Å². The highest BCUT2D eigenvalue weighted by molar-refractivity contribution is 9.09. The molecule has 7 heavy (non-hydrogen) atoms. The zero-order valence-corrected chi connectivity index (χ0v) is 5.69. The molecule has 0 bridgehead atoms. The lowest BCUT2D eigenvalue weighted by molar-refractivity contribution is 0.271. The first-order chi connectivity index (χ1) is 3.38. The molecule has 2 atom stereocenters. The number of alkyl halides is 1. The Balaban J connectivity index is 2.06. The van der Waals surface area contributed by atoms with Crippen molar-refractivity contribution in [3.63, 3.8) is 0 Å². The second-order valence-corrected chi connectivity index (χ2v) is 2.74. The lowest BCUT2D eigenvalue weighted by atomic mass is 10.4. The van der Waals surface area contributed by atoms with Crippen LogP contribution in [0.5, 0.6) is 0 Å². The fraction of sp³-hybridized carbons (Fsp3) is 1.00. The Morgan fingerprint density at radius 1 is 1.57 bits per heavy atom. The van der Waals surface area contributed by atoms with Gasteiger partial charge in [-0.25, -0.2) is 0 Å². The van der Waals surface area contributed by atoms with Gasteiger partial charge < -0.3 is 5.11 Å². The van der Waals surface area contributed by atoms with Crippen molar-refractivity contribution in [2.75, 3.05) is 11.9 Å². The molecular formula is C5H9BrO. The Morgan fingerprint density at radius 2 is 2.29 bits per heavy atom. The van der Waals surface area contributed by atoms with Crippen molar-refractivity contribution >= 4 is 15.9 Å². The van der Waals surface area contributed by atoms with E-state index in [1.54, 1.807) is 0 Å². The van der Waals surface area contributed by atoms with Gasteiger partial charge in [0.15, 0.2) is 0 Å². The summed E-state index contributed by atoms with van der Waals surface area (Å²) in [6.45, 7) is 0.385. The maximum atomic E-state index is 8.49. The molecule has 0 amide bonds. The van der Waals surface area contributed by atoms with E-state index in [4.69, 9.17) is 5.11 Å². The molecule has 2 heteroatoms. The van der Waals surface area contributed by atoms with Crippen LogP contribution in [0.25, 0.3) is 0 Å². The minimum atomic E-state index is 0.385. The minimum absolute atomic E-state index is 0.385. The zero-order chi connectivity index (χ0) is 5.28. The maximum Gasteiger partial charge on any atom is 0.0462 e. The van der Waals surface area contributed by atoms with Gasteiger partial charge in [-0.05, 0) is 18.3 Å². The fourth-order valence-corrected chi connectivity index (χ4v) is 1.52. The number of aliphatic hydroxyl groups is 1. The second kappa shape index (κ2) is 2.14. The average Bonchev–Trinajstić information content (AvgIpc) is 2.43. The van der Waals surface area contributed by atoms with E-state index in [1.807, 2.05) is 0 Å². The molecule has 1 fully saturated rings. The maximum absolute atomic E-state index is 8.49. The number of rotatable bonds is 2. The number of hydrogen-bond acceptors (Lipinski definition) is 1. The van der Waals surface area contributed by atoms with Gasteiger partial charge in [0.05, 0.1) is 0 Å². The van der Waals surface area contributed by atoms with E-state index < -0.39 is 0 Å². The minimum Gasteiger partial charge on any atom is -0.396 e. The molecule has 1 rings (SSSR count). The summed E-state index contributed by atoms with van der Waals surface area (Å²) in [6, 6.07) is 0. The first-order valence-electron chi connectivity index (χ1n) is 2.55. The van der Waals surface area contributed by atoms with Crippen molar-refractivity contribution in [3.05, 3.63) is 0 Å². The lowest BCUT2D eigenvalue weighted by Crippen LogP contribution is -1.87. The SMILES string of the molecule is OCC1CC1CBr. The summed E-state index contributed by atoms with van der Waals surface area (Å²) in [6.07, 6.45) is 1.22. The first-order valence-corrected chi connectivity index (χ1v) is 3.67. The van der Waals surface area contributed by atoms with E-state index in [0.29, 0.717) is 12.5 Å². The molecule has 0 aromatic carbocycles. The molecule has 1 aliphatic rings. The number of hydrogen-bond donors (Lipinski definition) is 1. The van der Waals surface area contributed by atoms with Gasteiger partial charge in [-0.2, -0.15) is 0 Å². The van der Waals surface area contributed by atoms with Crippen LogP contribution in [0.3, 0.4) is 0 Å². The van der Waals surface area contributed by atoms with Crippen molar-refractivity contribution in [1.82, 2.24) is 0 Å². The highest BCUT2D eigenvalue weighted by atomic mass is 79.9. The van der Waals surface area contributed by atoms with Crippen LogP contribution in [0.2, 0.25) is 0 Å². The van der Waals surface area contributed by atoms with Crippen LogP contribution in [0.1, 0.15) is 6.42 Å². The highest BCUT2D eigenvalue weighted by Crippen LogP contribution is 2.38. The summed E-state index contributed by atoms with van der Waals surface area (Å²) in [5.74, 6) is 1.41. The smallest absolute Gasteiger partial charge is 0.0462 e. The predicted molar refractivity (Wildman–Crippen MR) is 32.5 cm³/mol. The molecule has 2 unspecified atom stereocenters. The van der Waals surface area contributed by atoms with E-state index in [-0.39, 0.29) is 0 Å². The molecule has 1 nitrogen and oxygen atoms in total. The van der Waals surface area contributed by atoms with Crippen LogP contribution in [0.4, 0.5) is 0 Å². The first kappa shape index (κ1) is 5.57. The molecule has 1 aliphatic carbocycles. The van der Waals surface area contributed by atoms with Crippen molar-refractivity contribution in [2.45, 2.75) is 6.42 Å². The van der Waals surface area contributed by atoms with Crippen LogP contribution in [0.15, 0.2) is 0 Å². The van der Waals surface area contributed by atoms with Gasteiger partial charge >= 0.3 is 0 Å². The Bertz CT molecular complexity index is 57.1. The van der Waals surface area contributed by atoms with Crippen molar-refractivity contribution in [3.8, 4) is 0 Å². The molecule has 0 aromatic heterocycles. The standard InChI is InChI=1S/C5H9BrO/c6-2-4-1-5(4)3-7/h4-5,7H,1-3H2. The van der Waals surface area contributed by atoms with Gasteiger partial charge in [-0.15, -0.1) is 0 Å². The molecular weight excluding hydrogens is 156 g/mol. The van der Waals surface area contributed by atoms with Gasteiger partial charge in [0.2, 0.25) is 0 Å². The molecule has 0 radical (unpaired) electrons. The third kappa shape index (κ3) is 1.16. The molecule has 1 saturated carbocycles. The predicted octanol–water partition coefficient (Wildman–Crippen LogP) is 1.01.